The zero-order chi connectivity index (χ0) is 42.4. The molecule has 0 radical (unpaired) electrons. The quantitative estimate of drug-likeness (QED) is 0.0412. The van der Waals surface area contributed by atoms with Crippen molar-refractivity contribution in [1.82, 2.24) is 0 Å². The average molecular weight is 882 g/mol. The van der Waals surface area contributed by atoms with Crippen LogP contribution >= 0.6 is 15.9 Å². The van der Waals surface area contributed by atoms with Crippen molar-refractivity contribution in [2.75, 3.05) is 6.61 Å². The predicted molar refractivity (Wildman–Crippen MR) is 270 cm³/mol. The summed E-state index contributed by atoms with van der Waals surface area (Å²) in [5.74, 6) is 0.901. The van der Waals surface area contributed by atoms with Crippen LogP contribution in [0, 0.1) is 0 Å². The monoisotopic (exact) mass is 881 g/mol. The van der Waals surface area contributed by atoms with Crippen LogP contribution in [0.25, 0.3) is 22.3 Å². The number of fused-ring (bicyclic) bond motifs is 3. The summed E-state index contributed by atoms with van der Waals surface area (Å²) in [6.45, 7) is 8.97. The van der Waals surface area contributed by atoms with Gasteiger partial charge in [0.2, 0.25) is 0 Å². The highest BCUT2D eigenvalue weighted by Crippen LogP contribution is 2.55. The number of rotatable bonds is 38. The molecular formula is C58H89BrO. The van der Waals surface area contributed by atoms with Gasteiger partial charge in [-0.1, -0.05) is 278 Å². The molecule has 0 N–H and O–H groups in total. The highest BCUT2D eigenvalue weighted by molar-refractivity contribution is 9.10. The lowest BCUT2D eigenvalue weighted by molar-refractivity contribution is 0.363. The van der Waals surface area contributed by atoms with Gasteiger partial charge in [0.15, 0.2) is 0 Å². The minimum absolute atomic E-state index is 0.0729. The van der Waals surface area contributed by atoms with E-state index < -0.39 is 0 Å². The lowest BCUT2D eigenvalue weighted by Gasteiger charge is -2.33. The van der Waals surface area contributed by atoms with Crippen molar-refractivity contribution >= 4 is 15.9 Å². The van der Waals surface area contributed by atoms with E-state index in [1.54, 1.807) is 11.1 Å². The molecule has 1 aliphatic carbocycles. The third-order valence-electron chi connectivity index (χ3n) is 13.8. The number of hydrogen-bond acceptors (Lipinski definition) is 1. The van der Waals surface area contributed by atoms with E-state index >= 15 is 0 Å². The number of hydrogen-bond donors (Lipinski definition) is 0. The van der Waals surface area contributed by atoms with Crippen LogP contribution in [-0.2, 0) is 5.41 Å². The third kappa shape index (κ3) is 18.2. The second-order valence-electron chi connectivity index (χ2n) is 18.8. The Balaban J connectivity index is 1.30. The van der Waals surface area contributed by atoms with Crippen molar-refractivity contribution in [3.63, 3.8) is 0 Å². The largest absolute Gasteiger partial charge is 0.490 e. The maximum atomic E-state index is 5.83. The van der Waals surface area contributed by atoms with Crippen molar-refractivity contribution in [2.24, 2.45) is 0 Å². The Bertz CT molecular complexity index is 1500. The minimum Gasteiger partial charge on any atom is -0.490 e. The zero-order valence-corrected chi connectivity index (χ0v) is 40.7. The van der Waals surface area contributed by atoms with E-state index in [4.69, 9.17) is 4.74 Å². The van der Waals surface area contributed by atoms with Gasteiger partial charge in [0, 0.05) is 9.89 Å². The average Bonchev–Trinajstić information content (AvgIpc) is 3.53. The number of unbranched alkanes of at least 4 members (excludes halogenated alkanes) is 30. The Kier molecular flexibility index (Phi) is 26.4. The molecule has 0 fully saturated rings. The van der Waals surface area contributed by atoms with E-state index in [0.29, 0.717) is 6.61 Å². The van der Waals surface area contributed by atoms with E-state index in [1.165, 1.54) is 245 Å². The fraction of sp³-hybridized carbons (Fsp3) is 0.655. The number of benzene rings is 3. The molecule has 334 valence electrons. The number of ether oxygens (including phenoxy) is 1. The SMILES string of the molecule is C=CCOc1ccc(-c2ccc3c(c2)C(CCCCCCCCCCCCCCCCCC)(CCCCCCCCCCCCCCCCCC)c2cc(Br)ccc2-3)cc1. The smallest absolute Gasteiger partial charge is 0.119 e. The highest BCUT2D eigenvalue weighted by Gasteiger charge is 2.42. The van der Waals surface area contributed by atoms with E-state index in [0.717, 1.165) is 5.75 Å². The van der Waals surface area contributed by atoms with Gasteiger partial charge in [-0.25, -0.2) is 0 Å². The van der Waals surface area contributed by atoms with Gasteiger partial charge in [-0.2, -0.15) is 0 Å². The maximum absolute atomic E-state index is 5.83. The summed E-state index contributed by atoms with van der Waals surface area (Å²) < 4.78 is 7.04. The Hall–Kier alpha value is -2.32. The van der Waals surface area contributed by atoms with E-state index in [-0.39, 0.29) is 5.41 Å². The third-order valence-corrected chi connectivity index (χ3v) is 14.3. The summed E-state index contributed by atoms with van der Waals surface area (Å²) >= 11 is 3.92. The van der Waals surface area contributed by atoms with Crippen LogP contribution in [-0.4, -0.2) is 6.61 Å². The molecule has 4 rings (SSSR count). The summed E-state index contributed by atoms with van der Waals surface area (Å²) in [5.41, 5.74) is 8.71. The summed E-state index contributed by atoms with van der Waals surface area (Å²) in [5, 5.41) is 0. The highest BCUT2D eigenvalue weighted by atomic mass is 79.9. The predicted octanol–water partition coefficient (Wildman–Crippen LogP) is 20.3. The lowest BCUT2D eigenvalue weighted by Crippen LogP contribution is -2.25. The molecular weight excluding hydrogens is 793 g/mol. The second-order valence-corrected chi connectivity index (χ2v) is 19.7. The van der Waals surface area contributed by atoms with Crippen molar-refractivity contribution in [3.8, 4) is 28.0 Å². The van der Waals surface area contributed by atoms with Crippen LogP contribution in [0.1, 0.15) is 243 Å². The van der Waals surface area contributed by atoms with Gasteiger partial charge in [0.25, 0.3) is 0 Å². The van der Waals surface area contributed by atoms with Crippen molar-refractivity contribution < 1.29 is 4.74 Å². The fourth-order valence-corrected chi connectivity index (χ4v) is 10.5. The van der Waals surface area contributed by atoms with Gasteiger partial charge in [-0.15, -0.1) is 0 Å². The molecule has 0 saturated heterocycles. The topological polar surface area (TPSA) is 9.23 Å². The summed E-state index contributed by atoms with van der Waals surface area (Å²) in [4.78, 5) is 0. The minimum atomic E-state index is 0.0729. The van der Waals surface area contributed by atoms with Gasteiger partial charge in [0.1, 0.15) is 12.4 Å². The molecule has 0 aliphatic heterocycles. The van der Waals surface area contributed by atoms with Crippen LogP contribution < -0.4 is 4.74 Å². The van der Waals surface area contributed by atoms with Gasteiger partial charge >= 0.3 is 0 Å². The van der Waals surface area contributed by atoms with E-state index in [1.807, 2.05) is 6.08 Å². The Morgan fingerprint density at radius 1 is 0.433 bits per heavy atom. The summed E-state index contributed by atoms with van der Waals surface area (Å²) in [6, 6.07) is 23.2. The zero-order valence-electron chi connectivity index (χ0n) is 39.1. The maximum Gasteiger partial charge on any atom is 0.119 e. The molecule has 0 spiro atoms. The van der Waals surface area contributed by atoms with Crippen LogP contribution in [0.2, 0.25) is 0 Å². The molecule has 0 aromatic heterocycles. The van der Waals surface area contributed by atoms with Crippen molar-refractivity contribution in [1.29, 1.82) is 0 Å². The molecule has 0 saturated carbocycles. The van der Waals surface area contributed by atoms with Gasteiger partial charge in [-0.3, -0.25) is 0 Å². The van der Waals surface area contributed by atoms with Crippen LogP contribution in [0.5, 0.6) is 5.75 Å². The standard InChI is InChI=1S/C58H89BrO/c1-4-7-9-11-13-15-17-19-21-23-25-27-29-31-33-35-45-58(46-36-34-32-30-28-26-24-22-20-18-16-14-12-10-8-5-2)56-48-51(50-37-41-53(42-38-50)60-47-6-3)39-43-54(56)55-44-40-52(59)49-57(55)58/h6,37-44,48-49H,3-5,7-36,45-47H2,1-2H3. The van der Waals surface area contributed by atoms with Gasteiger partial charge in [0.05, 0.1) is 0 Å². The first kappa shape index (κ1) is 50.3. The molecule has 60 heavy (non-hydrogen) atoms. The first-order valence-corrected chi connectivity index (χ1v) is 26.7. The Morgan fingerprint density at radius 2 is 0.783 bits per heavy atom. The summed E-state index contributed by atoms with van der Waals surface area (Å²) in [6.07, 6.45) is 49.6. The van der Waals surface area contributed by atoms with Gasteiger partial charge in [-0.05, 0) is 76.6 Å². The molecule has 0 unspecified atom stereocenters. The molecule has 0 atom stereocenters. The van der Waals surface area contributed by atoms with E-state index in [9.17, 15) is 0 Å². The first-order valence-electron chi connectivity index (χ1n) is 25.9. The second kappa shape index (κ2) is 31.5. The molecule has 2 heteroatoms. The molecule has 3 aromatic carbocycles. The normalized spacial score (nSPS) is 12.8. The number of halogens is 1. The first-order chi connectivity index (χ1) is 29.6. The molecule has 3 aromatic rings. The van der Waals surface area contributed by atoms with Crippen LogP contribution in [0.15, 0.2) is 77.8 Å². The summed E-state index contributed by atoms with van der Waals surface area (Å²) in [7, 11) is 0. The lowest BCUT2D eigenvalue weighted by atomic mass is 9.70. The Morgan fingerprint density at radius 3 is 1.18 bits per heavy atom. The van der Waals surface area contributed by atoms with Gasteiger partial charge < -0.3 is 4.74 Å². The van der Waals surface area contributed by atoms with Crippen molar-refractivity contribution in [2.45, 2.75) is 238 Å². The van der Waals surface area contributed by atoms with Crippen LogP contribution in [0.4, 0.5) is 0 Å². The van der Waals surface area contributed by atoms with E-state index in [2.05, 4.69) is 97.0 Å². The van der Waals surface area contributed by atoms with Crippen molar-refractivity contribution in [3.05, 3.63) is 88.9 Å². The Labute approximate surface area is 379 Å². The molecule has 0 bridgehead atoms. The molecule has 0 heterocycles. The fourth-order valence-electron chi connectivity index (χ4n) is 10.2. The molecule has 0 amide bonds. The van der Waals surface area contributed by atoms with Crippen LogP contribution in [0.3, 0.4) is 0 Å². The molecule has 1 aliphatic rings. The molecule has 1 nitrogen and oxygen atoms in total.